The molecule has 1 aliphatic heterocycles. The van der Waals surface area contributed by atoms with E-state index in [1.165, 1.54) is 12.1 Å². The molecule has 6 heteroatoms. The Morgan fingerprint density at radius 3 is 2.45 bits per heavy atom. The number of anilines is 1. The number of nitrogens with one attached hydrogen (secondary N) is 1. The van der Waals surface area contributed by atoms with Crippen LogP contribution < -0.4 is 11.1 Å². The van der Waals surface area contributed by atoms with Crippen molar-refractivity contribution in [2.45, 2.75) is 25.7 Å². The number of benzene rings is 1. The van der Waals surface area contributed by atoms with E-state index >= 15 is 0 Å². The number of rotatable bonds is 2. The number of urea groups is 1. The first-order valence-corrected chi connectivity index (χ1v) is 7.14. The molecule has 0 radical (unpaired) electrons. The third-order valence-electron chi connectivity index (χ3n) is 3.39. The van der Waals surface area contributed by atoms with E-state index in [1.807, 2.05) is 0 Å². The zero-order valence-corrected chi connectivity index (χ0v) is 12.0. The molecule has 2 rings (SSSR count). The quantitative estimate of drug-likeness (QED) is 0.825. The second kappa shape index (κ2) is 6.65. The van der Waals surface area contributed by atoms with Crippen molar-refractivity contribution < 1.29 is 9.18 Å². The first-order chi connectivity index (χ1) is 9.58. The summed E-state index contributed by atoms with van der Waals surface area (Å²) < 4.78 is 13.9. The summed E-state index contributed by atoms with van der Waals surface area (Å²) in [5.74, 6) is -0.529. The van der Waals surface area contributed by atoms with E-state index in [1.54, 1.807) is 11.0 Å². The van der Waals surface area contributed by atoms with Gasteiger partial charge in [0.2, 0.25) is 0 Å². The molecule has 1 aromatic carbocycles. The second-order valence-electron chi connectivity index (χ2n) is 4.89. The monoisotopic (exact) mass is 295 g/mol. The van der Waals surface area contributed by atoms with Gasteiger partial charge in [-0.05, 0) is 31.0 Å². The highest BCUT2D eigenvalue weighted by molar-refractivity contribution is 7.80. The topological polar surface area (TPSA) is 58.4 Å². The summed E-state index contributed by atoms with van der Waals surface area (Å²) in [7, 11) is 0. The highest BCUT2D eigenvalue weighted by Crippen LogP contribution is 2.17. The zero-order chi connectivity index (χ0) is 14.5. The van der Waals surface area contributed by atoms with Crippen LogP contribution in [0.1, 0.15) is 31.2 Å². The van der Waals surface area contributed by atoms with E-state index < -0.39 is 5.82 Å². The Hall–Kier alpha value is -1.69. The lowest BCUT2D eigenvalue weighted by atomic mass is 10.2. The summed E-state index contributed by atoms with van der Waals surface area (Å²) in [4.78, 5) is 14.0. The minimum absolute atomic E-state index is 0.134. The number of amides is 2. The van der Waals surface area contributed by atoms with Crippen LogP contribution in [0.5, 0.6) is 0 Å². The number of carbonyl (C=O) groups excluding carboxylic acids is 1. The summed E-state index contributed by atoms with van der Waals surface area (Å²) in [5.41, 5.74) is 6.04. The Bertz CT molecular complexity index is 513. The molecule has 4 nitrogen and oxygen atoms in total. The van der Waals surface area contributed by atoms with Gasteiger partial charge < -0.3 is 16.0 Å². The van der Waals surface area contributed by atoms with Gasteiger partial charge in [-0.2, -0.15) is 0 Å². The Labute approximate surface area is 123 Å². The van der Waals surface area contributed by atoms with Gasteiger partial charge in [0.05, 0.1) is 5.69 Å². The van der Waals surface area contributed by atoms with Gasteiger partial charge in [-0.3, -0.25) is 0 Å². The van der Waals surface area contributed by atoms with Crippen LogP contribution >= 0.6 is 12.2 Å². The van der Waals surface area contributed by atoms with Crippen molar-refractivity contribution in [3.05, 3.63) is 29.6 Å². The van der Waals surface area contributed by atoms with Gasteiger partial charge in [-0.15, -0.1) is 0 Å². The molecule has 1 aliphatic rings. The number of carbonyl (C=O) groups is 1. The van der Waals surface area contributed by atoms with Crippen LogP contribution in [0.4, 0.5) is 14.9 Å². The Morgan fingerprint density at radius 1 is 1.25 bits per heavy atom. The van der Waals surface area contributed by atoms with Crippen molar-refractivity contribution in [1.29, 1.82) is 0 Å². The molecule has 1 fully saturated rings. The molecule has 0 saturated carbocycles. The Kier molecular flexibility index (Phi) is 4.89. The molecule has 0 aromatic heterocycles. The lowest BCUT2D eigenvalue weighted by molar-refractivity contribution is 0.213. The van der Waals surface area contributed by atoms with Crippen molar-refractivity contribution in [2.75, 3.05) is 18.4 Å². The van der Waals surface area contributed by atoms with Gasteiger partial charge in [0.15, 0.2) is 0 Å². The summed E-state index contributed by atoms with van der Waals surface area (Å²) in [6.45, 7) is 1.44. The molecule has 0 aliphatic carbocycles. The van der Waals surface area contributed by atoms with Crippen molar-refractivity contribution in [1.82, 2.24) is 4.90 Å². The molecule has 1 heterocycles. The number of likely N-dealkylation sites (tertiary alicyclic amines) is 1. The maximum Gasteiger partial charge on any atom is 0.321 e. The van der Waals surface area contributed by atoms with Crippen molar-refractivity contribution in [2.24, 2.45) is 5.73 Å². The third-order valence-corrected chi connectivity index (χ3v) is 3.62. The zero-order valence-electron chi connectivity index (χ0n) is 11.2. The predicted octanol–water partition coefficient (Wildman–Crippen LogP) is 2.87. The SMILES string of the molecule is NC(=S)c1ccc(NC(=O)N2CCCCCC2)c(F)c1. The van der Waals surface area contributed by atoms with Gasteiger partial charge >= 0.3 is 6.03 Å². The number of halogens is 1. The van der Waals surface area contributed by atoms with Crippen LogP contribution in [0, 0.1) is 5.82 Å². The highest BCUT2D eigenvalue weighted by atomic mass is 32.1. The maximum absolute atomic E-state index is 13.9. The number of thiocarbonyl (C=S) groups is 1. The standard InChI is InChI=1S/C14H18FN3OS/c15-11-9-10(13(16)20)5-6-12(11)17-14(19)18-7-3-1-2-4-8-18/h5-6,9H,1-4,7-8H2,(H2,16,20)(H,17,19). The smallest absolute Gasteiger partial charge is 0.321 e. The van der Waals surface area contributed by atoms with Crippen molar-refractivity contribution in [3.63, 3.8) is 0 Å². The van der Waals surface area contributed by atoms with Crippen LogP contribution in [-0.4, -0.2) is 29.0 Å². The third kappa shape index (κ3) is 3.66. The summed E-state index contributed by atoms with van der Waals surface area (Å²) in [6.07, 6.45) is 4.27. The molecule has 0 unspecified atom stereocenters. The van der Waals surface area contributed by atoms with E-state index in [0.29, 0.717) is 5.56 Å². The molecule has 0 spiro atoms. The largest absolute Gasteiger partial charge is 0.389 e. The van der Waals surface area contributed by atoms with E-state index in [-0.39, 0.29) is 16.7 Å². The van der Waals surface area contributed by atoms with E-state index in [0.717, 1.165) is 38.8 Å². The lowest BCUT2D eigenvalue weighted by Crippen LogP contribution is -2.35. The lowest BCUT2D eigenvalue weighted by Gasteiger charge is -2.21. The van der Waals surface area contributed by atoms with Gasteiger partial charge in [0.25, 0.3) is 0 Å². The summed E-state index contributed by atoms with van der Waals surface area (Å²) in [6, 6.07) is 4.07. The first-order valence-electron chi connectivity index (χ1n) is 6.73. The molecule has 1 saturated heterocycles. The average molecular weight is 295 g/mol. The summed E-state index contributed by atoms with van der Waals surface area (Å²) in [5, 5.41) is 2.60. The Balaban J connectivity index is 2.05. The first kappa shape index (κ1) is 14.7. The fourth-order valence-corrected chi connectivity index (χ4v) is 2.36. The number of hydrogen-bond donors (Lipinski definition) is 2. The second-order valence-corrected chi connectivity index (χ2v) is 5.33. The van der Waals surface area contributed by atoms with Gasteiger partial charge in [0, 0.05) is 18.7 Å². The van der Waals surface area contributed by atoms with Crippen LogP contribution in [0.2, 0.25) is 0 Å². The normalized spacial score (nSPS) is 15.6. The predicted molar refractivity (Wildman–Crippen MR) is 81.3 cm³/mol. The molecule has 3 N–H and O–H groups in total. The van der Waals surface area contributed by atoms with E-state index in [4.69, 9.17) is 18.0 Å². The number of nitrogens with two attached hydrogens (primary N) is 1. The molecule has 0 bridgehead atoms. The summed E-state index contributed by atoms with van der Waals surface area (Å²) >= 11 is 4.79. The van der Waals surface area contributed by atoms with Crippen LogP contribution in [0.3, 0.4) is 0 Å². The van der Waals surface area contributed by atoms with Crippen LogP contribution in [0.25, 0.3) is 0 Å². The fourth-order valence-electron chi connectivity index (χ4n) is 2.24. The number of hydrogen-bond acceptors (Lipinski definition) is 2. The van der Waals surface area contributed by atoms with Crippen molar-refractivity contribution in [3.8, 4) is 0 Å². The Morgan fingerprint density at radius 2 is 1.90 bits per heavy atom. The maximum atomic E-state index is 13.9. The van der Waals surface area contributed by atoms with Crippen LogP contribution in [0.15, 0.2) is 18.2 Å². The molecule has 108 valence electrons. The highest BCUT2D eigenvalue weighted by Gasteiger charge is 2.17. The van der Waals surface area contributed by atoms with Crippen molar-refractivity contribution >= 4 is 28.9 Å². The molecule has 2 amide bonds. The fraction of sp³-hybridized carbons (Fsp3) is 0.429. The van der Waals surface area contributed by atoms with E-state index in [9.17, 15) is 9.18 Å². The van der Waals surface area contributed by atoms with Gasteiger partial charge in [0.1, 0.15) is 10.8 Å². The van der Waals surface area contributed by atoms with E-state index in [2.05, 4.69) is 5.32 Å². The average Bonchev–Trinajstić information content (AvgIpc) is 2.69. The minimum atomic E-state index is -0.529. The molecule has 0 atom stereocenters. The molecule has 20 heavy (non-hydrogen) atoms. The number of nitrogens with zero attached hydrogens (tertiary/aromatic N) is 1. The minimum Gasteiger partial charge on any atom is -0.389 e. The molecular weight excluding hydrogens is 277 g/mol. The molecule has 1 aromatic rings. The molecular formula is C14H18FN3OS. The van der Waals surface area contributed by atoms with Crippen LogP contribution in [-0.2, 0) is 0 Å². The van der Waals surface area contributed by atoms with Gasteiger partial charge in [-0.25, -0.2) is 9.18 Å². The van der Waals surface area contributed by atoms with Gasteiger partial charge in [-0.1, -0.05) is 25.1 Å².